The molecule has 2 heterocycles. The molecule has 0 radical (unpaired) electrons. The SMILES string of the molecule is CC1(Cc2ccc(-c3cccnc3)cc2Cl)CCN(C2CCCCC2)C1=O.Cl.N. The molecule has 2 aliphatic rings. The summed E-state index contributed by atoms with van der Waals surface area (Å²) < 4.78 is 0. The third-order valence-electron chi connectivity index (χ3n) is 6.33. The summed E-state index contributed by atoms with van der Waals surface area (Å²) in [5, 5.41) is 0.737. The van der Waals surface area contributed by atoms with E-state index in [0.717, 1.165) is 34.7 Å². The number of rotatable bonds is 4. The van der Waals surface area contributed by atoms with Crippen LogP contribution in [-0.4, -0.2) is 28.4 Å². The Morgan fingerprint density at radius 2 is 1.93 bits per heavy atom. The lowest BCUT2D eigenvalue weighted by molar-refractivity contribution is -0.137. The summed E-state index contributed by atoms with van der Waals surface area (Å²) in [5.74, 6) is 0.321. The topological polar surface area (TPSA) is 68.2 Å². The molecule has 2 aromatic rings. The van der Waals surface area contributed by atoms with Gasteiger partial charge in [0, 0.05) is 35.6 Å². The monoisotopic (exact) mass is 435 g/mol. The fourth-order valence-electron chi connectivity index (χ4n) is 4.65. The van der Waals surface area contributed by atoms with Crippen molar-refractivity contribution in [2.75, 3.05) is 6.54 Å². The van der Waals surface area contributed by atoms with Gasteiger partial charge in [-0.1, -0.05) is 56.0 Å². The summed E-state index contributed by atoms with van der Waals surface area (Å²) in [7, 11) is 0. The number of hydrogen-bond donors (Lipinski definition) is 1. The number of carbonyl (C=O) groups excluding carboxylic acids is 1. The van der Waals surface area contributed by atoms with Crippen LogP contribution in [-0.2, 0) is 11.2 Å². The van der Waals surface area contributed by atoms with Crippen LogP contribution in [0.1, 0.15) is 51.0 Å². The van der Waals surface area contributed by atoms with Gasteiger partial charge in [0.25, 0.3) is 0 Å². The summed E-state index contributed by atoms with van der Waals surface area (Å²) >= 11 is 6.61. The van der Waals surface area contributed by atoms with Crippen LogP contribution in [0.4, 0.5) is 0 Å². The van der Waals surface area contributed by atoms with E-state index in [4.69, 9.17) is 11.6 Å². The Balaban J connectivity index is 0.00000150. The Morgan fingerprint density at radius 3 is 2.59 bits per heavy atom. The highest BCUT2D eigenvalue weighted by Gasteiger charge is 2.45. The summed E-state index contributed by atoms with van der Waals surface area (Å²) in [6.45, 7) is 3.01. The molecule has 158 valence electrons. The molecule has 4 nitrogen and oxygen atoms in total. The van der Waals surface area contributed by atoms with Gasteiger partial charge in [0.05, 0.1) is 5.41 Å². The minimum Gasteiger partial charge on any atom is -0.344 e. The predicted molar refractivity (Wildman–Crippen MR) is 122 cm³/mol. The molecular formula is C23H31Cl2N3O. The van der Waals surface area contributed by atoms with E-state index >= 15 is 0 Å². The first kappa shape index (κ1) is 23.7. The third-order valence-corrected chi connectivity index (χ3v) is 6.68. The zero-order chi connectivity index (χ0) is 18.9. The summed E-state index contributed by atoms with van der Waals surface area (Å²) in [6, 6.07) is 10.6. The molecule has 1 aliphatic carbocycles. The molecular weight excluding hydrogens is 405 g/mol. The van der Waals surface area contributed by atoms with Gasteiger partial charge in [-0.05, 0) is 48.9 Å². The maximum absolute atomic E-state index is 13.2. The van der Waals surface area contributed by atoms with Crippen LogP contribution in [0.15, 0.2) is 42.7 Å². The van der Waals surface area contributed by atoms with Gasteiger partial charge >= 0.3 is 0 Å². The van der Waals surface area contributed by atoms with Crippen molar-refractivity contribution < 1.29 is 4.79 Å². The zero-order valence-electron chi connectivity index (χ0n) is 17.1. The van der Waals surface area contributed by atoms with Crippen LogP contribution in [0, 0.1) is 5.41 Å². The largest absolute Gasteiger partial charge is 0.344 e. The van der Waals surface area contributed by atoms with Gasteiger partial charge in [-0.15, -0.1) is 12.4 Å². The number of halogens is 2. The Bertz CT molecular complexity index is 824. The van der Waals surface area contributed by atoms with E-state index in [1.807, 2.05) is 24.4 Å². The van der Waals surface area contributed by atoms with Crippen molar-refractivity contribution in [3.05, 3.63) is 53.3 Å². The normalized spacial score (nSPS) is 22.1. The van der Waals surface area contributed by atoms with Gasteiger partial charge in [-0.2, -0.15) is 0 Å². The number of benzene rings is 1. The molecule has 1 unspecified atom stereocenters. The van der Waals surface area contributed by atoms with Crippen LogP contribution >= 0.6 is 24.0 Å². The molecule has 1 saturated carbocycles. The van der Waals surface area contributed by atoms with E-state index in [0.29, 0.717) is 18.4 Å². The lowest BCUT2D eigenvalue weighted by atomic mass is 9.81. The van der Waals surface area contributed by atoms with Crippen molar-refractivity contribution >= 4 is 29.9 Å². The third kappa shape index (κ3) is 4.93. The number of aromatic nitrogens is 1. The summed E-state index contributed by atoms with van der Waals surface area (Å²) in [4.78, 5) is 19.5. The average Bonchev–Trinajstić information content (AvgIpc) is 2.99. The van der Waals surface area contributed by atoms with Gasteiger partial charge in [0.1, 0.15) is 0 Å². The maximum atomic E-state index is 13.2. The summed E-state index contributed by atoms with van der Waals surface area (Å²) in [6.07, 6.45) is 11.4. The van der Waals surface area contributed by atoms with Gasteiger partial charge in [0.15, 0.2) is 0 Å². The molecule has 2 fully saturated rings. The summed E-state index contributed by atoms with van der Waals surface area (Å²) in [5.41, 5.74) is 2.84. The quantitative estimate of drug-likeness (QED) is 0.630. The lowest BCUT2D eigenvalue weighted by Gasteiger charge is -2.33. The Hall–Kier alpha value is -1.62. The molecule has 4 rings (SSSR count). The fraction of sp³-hybridized carbons (Fsp3) is 0.478. The molecule has 1 amide bonds. The van der Waals surface area contributed by atoms with Gasteiger partial charge in [-0.3, -0.25) is 9.78 Å². The number of nitrogens with zero attached hydrogens (tertiary/aromatic N) is 2. The van der Waals surface area contributed by atoms with Crippen molar-refractivity contribution in [3.63, 3.8) is 0 Å². The van der Waals surface area contributed by atoms with Gasteiger partial charge < -0.3 is 11.1 Å². The van der Waals surface area contributed by atoms with Crippen molar-refractivity contribution in [2.45, 2.75) is 57.9 Å². The van der Waals surface area contributed by atoms with Crippen LogP contribution in [0.3, 0.4) is 0 Å². The van der Waals surface area contributed by atoms with Crippen LogP contribution in [0.5, 0.6) is 0 Å². The number of likely N-dealkylation sites (tertiary alicyclic amines) is 1. The maximum Gasteiger partial charge on any atom is 0.229 e. The first-order valence-corrected chi connectivity index (χ1v) is 10.4. The molecule has 1 aromatic carbocycles. The molecule has 29 heavy (non-hydrogen) atoms. The second-order valence-corrected chi connectivity index (χ2v) is 8.73. The molecule has 0 spiro atoms. The van der Waals surface area contributed by atoms with Crippen molar-refractivity contribution in [1.29, 1.82) is 0 Å². The molecule has 6 heteroatoms. The second kappa shape index (κ2) is 9.92. The van der Waals surface area contributed by atoms with Crippen molar-refractivity contribution in [2.24, 2.45) is 5.41 Å². The lowest BCUT2D eigenvalue weighted by Crippen LogP contribution is -2.41. The van der Waals surface area contributed by atoms with Crippen molar-refractivity contribution in [1.82, 2.24) is 16.0 Å². The van der Waals surface area contributed by atoms with E-state index < -0.39 is 0 Å². The molecule has 3 N–H and O–H groups in total. The number of amides is 1. The number of carbonyl (C=O) groups is 1. The van der Waals surface area contributed by atoms with E-state index in [1.165, 1.54) is 32.1 Å². The van der Waals surface area contributed by atoms with E-state index in [-0.39, 0.29) is 24.0 Å². The highest BCUT2D eigenvalue weighted by Crippen LogP contribution is 2.40. The molecule has 1 atom stereocenters. The van der Waals surface area contributed by atoms with Crippen LogP contribution < -0.4 is 6.15 Å². The highest BCUT2D eigenvalue weighted by atomic mass is 35.5. The van der Waals surface area contributed by atoms with Crippen molar-refractivity contribution in [3.8, 4) is 11.1 Å². The van der Waals surface area contributed by atoms with Crippen LogP contribution in [0.2, 0.25) is 5.02 Å². The molecule has 1 saturated heterocycles. The standard InChI is InChI=1S/C23H27ClN2O.ClH.H3N/c1-23(11-13-26(22(23)27)20-7-3-2-4-8-20)15-18-10-9-17(14-21(18)24)19-6-5-12-25-16-19;;/h5-6,9-10,12,14,16,20H,2-4,7-8,11,13,15H2,1H3;1H;1H3. The Morgan fingerprint density at radius 1 is 1.17 bits per heavy atom. The zero-order valence-corrected chi connectivity index (χ0v) is 18.6. The second-order valence-electron chi connectivity index (χ2n) is 8.33. The van der Waals surface area contributed by atoms with E-state index in [1.54, 1.807) is 6.20 Å². The average molecular weight is 436 g/mol. The van der Waals surface area contributed by atoms with Gasteiger partial charge in [-0.25, -0.2) is 0 Å². The molecule has 0 bridgehead atoms. The Labute approximate surface area is 185 Å². The smallest absolute Gasteiger partial charge is 0.229 e. The number of pyridine rings is 1. The molecule has 1 aliphatic heterocycles. The van der Waals surface area contributed by atoms with Gasteiger partial charge in [0.2, 0.25) is 5.91 Å². The molecule has 1 aromatic heterocycles. The fourth-order valence-corrected chi connectivity index (χ4v) is 4.90. The van der Waals surface area contributed by atoms with E-state index in [9.17, 15) is 4.79 Å². The first-order valence-electron chi connectivity index (χ1n) is 10.1. The first-order chi connectivity index (χ1) is 13.1. The highest BCUT2D eigenvalue weighted by molar-refractivity contribution is 6.31. The van der Waals surface area contributed by atoms with Crippen LogP contribution in [0.25, 0.3) is 11.1 Å². The number of hydrogen-bond acceptors (Lipinski definition) is 3. The minimum absolute atomic E-state index is 0. The Kier molecular flexibility index (Phi) is 8.10. The van der Waals surface area contributed by atoms with E-state index in [2.05, 4.69) is 28.9 Å². The predicted octanol–water partition coefficient (Wildman–Crippen LogP) is 6.10. The minimum atomic E-state index is -0.336.